The van der Waals surface area contributed by atoms with Crippen molar-refractivity contribution in [2.75, 3.05) is 5.73 Å². The summed E-state index contributed by atoms with van der Waals surface area (Å²) in [5.74, 6) is 0.422. The first-order valence-electron chi connectivity index (χ1n) is 7.30. The Morgan fingerprint density at radius 3 is 2.83 bits per heavy atom. The topological polar surface area (TPSA) is 87.4 Å². The lowest BCUT2D eigenvalue weighted by molar-refractivity contribution is 0.719. The first-order chi connectivity index (χ1) is 11.1. The highest BCUT2D eigenvalue weighted by Crippen LogP contribution is 2.32. The van der Waals surface area contributed by atoms with E-state index in [1.54, 1.807) is 4.68 Å². The Morgan fingerprint density at radius 2 is 2.04 bits per heavy atom. The van der Waals surface area contributed by atoms with Crippen LogP contribution in [-0.4, -0.2) is 29.5 Å². The van der Waals surface area contributed by atoms with Crippen LogP contribution in [0.15, 0.2) is 24.5 Å². The summed E-state index contributed by atoms with van der Waals surface area (Å²) < 4.78 is 3.61. The molecule has 0 aliphatic carbocycles. The standard InChI is InChI=1S/C16H16N7/c1-4-23-16-13(15(17)18-8-19-16)14(21-23)10-5-6-11-9(2)20-22(3)12(11)7-10/h5-8H,1,4H2,2-3H3,(H2,17,18,19). The molecule has 0 fully saturated rings. The second kappa shape index (κ2) is 4.77. The van der Waals surface area contributed by atoms with E-state index in [4.69, 9.17) is 5.73 Å². The number of nitrogens with zero attached hydrogens (tertiary/aromatic N) is 6. The van der Waals surface area contributed by atoms with Crippen molar-refractivity contribution < 1.29 is 0 Å². The molecule has 0 atom stereocenters. The Morgan fingerprint density at radius 1 is 1.22 bits per heavy atom. The van der Waals surface area contributed by atoms with Crippen LogP contribution < -0.4 is 5.73 Å². The molecule has 3 aromatic heterocycles. The van der Waals surface area contributed by atoms with Crippen molar-refractivity contribution in [2.24, 2.45) is 7.05 Å². The minimum atomic E-state index is 0.422. The van der Waals surface area contributed by atoms with Crippen molar-refractivity contribution in [3.63, 3.8) is 0 Å². The van der Waals surface area contributed by atoms with Crippen LogP contribution in [0.25, 0.3) is 33.2 Å². The maximum Gasteiger partial charge on any atom is 0.163 e. The van der Waals surface area contributed by atoms with Crippen LogP contribution in [0.4, 0.5) is 5.82 Å². The van der Waals surface area contributed by atoms with Crippen molar-refractivity contribution in [2.45, 2.75) is 13.5 Å². The summed E-state index contributed by atoms with van der Waals surface area (Å²) in [7, 11) is 1.93. The molecular weight excluding hydrogens is 290 g/mol. The molecule has 7 heteroatoms. The van der Waals surface area contributed by atoms with Crippen molar-refractivity contribution in [3.05, 3.63) is 37.1 Å². The van der Waals surface area contributed by atoms with Crippen LogP contribution >= 0.6 is 0 Å². The predicted octanol–water partition coefficient (Wildman–Crippen LogP) is 2.10. The van der Waals surface area contributed by atoms with Crippen molar-refractivity contribution in [1.29, 1.82) is 0 Å². The highest BCUT2D eigenvalue weighted by atomic mass is 15.3. The maximum absolute atomic E-state index is 6.07. The van der Waals surface area contributed by atoms with Crippen LogP contribution in [-0.2, 0) is 13.6 Å². The molecule has 0 spiro atoms. The lowest BCUT2D eigenvalue weighted by atomic mass is 10.1. The zero-order valence-electron chi connectivity index (χ0n) is 13.0. The van der Waals surface area contributed by atoms with E-state index in [0.717, 1.165) is 33.2 Å². The Hall–Kier alpha value is -2.96. The molecule has 4 aromatic rings. The summed E-state index contributed by atoms with van der Waals surface area (Å²) >= 11 is 0. The number of aromatic nitrogens is 6. The molecule has 1 radical (unpaired) electrons. The van der Waals surface area contributed by atoms with Gasteiger partial charge in [-0.3, -0.25) is 4.68 Å². The predicted molar refractivity (Wildman–Crippen MR) is 89.5 cm³/mol. The van der Waals surface area contributed by atoms with E-state index >= 15 is 0 Å². The fraction of sp³-hybridized carbons (Fsp3) is 0.188. The van der Waals surface area contributed by atoms with Gasteiger partial charge < -0.3 is 5.73 Å². The van der Waals surface area contributed by atoms with Crippen LogP contribution in [0, 0.1) is 13.8 Å². The van der Waals surface area contributed by atoms with E-state index in [0.29, 0.717) is 18.0 Å². The third-order valence-corrected chi connectivity index (χ3v) is 4.08. The van der Waals surface area contributed by atoms with E-state index in [2.05, 4.69) is 39.2 Å². The number of anilines is 1. The zero-order valence-corrected chi connectivity index (χ0v) is 13.0. The number of hydrogen-bond donors (Lipinski definition) is 1. The number of fused-ring (bicyclic) bond motifs is 2. The number of nitrogen functional groups attached to an aromatic ring is 1. The first kappa shape index (κ1) is 13.7. The number of nitrogens with two attached hydrogens (primary N) is 1. The van der Waals surface area contributed by atoms with Crippen LogP contribution in [0.3, 0.4) is 0 Å². The first-order valence-corrected chi connectivity index (χ1v) is 7.30. The summed E-state index contributed by atoms with van der Waals surface area (Å²) in [4.78, 5) is 8.40. The van der Waals surface area contributed by atoms with Gasteiger partial charge in [0.05, 0.1) is 16.6 Å². The Bertz CT molecular complexity index is 1040. The largest absolute Gasteiger partial charge is 0.383 e. The number of rotatable bonds is 2. The van der Waals surface area contributed by atoms with E-state index in [1.165, 1.54) is 6.33 Å². The average Bonchev–Trinajstić information content (AvgIpc) is 3.06. The molecule has 0 amide bonds. The maximum atomic E-state index is 6.07. The van der Waals surface area contributed by atoms with E-state index < -0.39 is 0 Å². The normalized spacial score (nSPS) is 11.6. The number of hydrogen-bond acceptors (Lipinski definition) is 5. The molecule has 0 saturated heterocycles. The van der Waals surface area contributed by atoms with E-state index in [9.17, 15) is 0 Å². The van der Waals surface area contributed by atoms with Crippen molar-refractivity contribution in [1.82, 2.24) is 29.5 Å². The average molecular weight is 306 g/mol. The van der Waals surface area contributed by atoms with Gasteiger partial charge in [0, 0.05) is 24.5 Å². The lowest BCUT2D eigenvalue weighted by Gasteiger charge is -2.01. The minimum Gasteiger partial charge on any atom is -0.383 e. The van der Waals surface area contributed by atoms with Gasteiger partial charge in [0.25, 0.3) is 0 Å². The zero-order chi connectivity index (χ0) is 16.1. The molecule has 23 heavy (non-hydrogen) atoms. The smallest absolute Gasteiger partial charge is 0.163 e. The van der Waals surface area contributed by atoms with Gasteiger partial charge in [-0.25, -0.2) is 14.6 Å². The minimum absolute atomic E-state index is 0.422. The van der Waals surface area contributed by atoms with E-state index in [-0.39, 0.29) is 0 Å². The summed E-state index contributed by atoms with van der Waals surface area (Å²) in [5.41, 5.74) is 10.5. The molecule has 115 valence electrons. The summed E-state index contributed by atoms with van der Waals surface area (Å²) in [5, 5.41) is 11.0. The Balaban J connectivity index is 2.04. The van der Waals surface area contributed by atoms with Crippen LogP contribution in [0.5, 0.6) is 0 Å². The lowest BCUT2D eigenvalue weighted by Crippen LogP contribution is -1.98. The summed E-state index contributed by atoms with van der Waals surface area (Å²) in [6.07, 6.45) is 1.45. The van der Waals surface area contributed by atoms with Gasteiger partial charge in [-0.15, -0.1) is 0 Å². The Kier molecular flexibility index (Phi) is 2.84. The molecule has 0 saturated carbocycles. The molecule has 0 aliphatic rings. The van der Waals surface area contributed by atoms with Gasteiger partial charge in [0.1, 0.15) is 17.8 Å². The Labute approximate surface area is 132 Å². The molecule has 0 bridgehead atoms. The second-order valence-electron chi connectivity index (χ2n) is 5.47. The van der Waals surface area contributed by atoms with Gasteiger partial charge in [0.2, 0.25) is 0 Å². The SMILES string of the molecule is [CH2]Cn1nc(-c2ccc3c(C)nn(C)c3c2)c2c(N)ncnc21. The van der Waals surface area contributed by atoms with Gasteiger partial charge in [-0.1, -0.05) is 12.1 Å². The van der Waals surface area contributed by atoms with Gasteiger partial charge in [-0.05, 0) is 19.9 Å². The molecule has 3 heterocycles. The van der Waals surface area contributed by atoms with E-state index in [1.807, 2.05) is 24.7 Å². The molecule has 2 N–H and O–H groups in total. The molecule has 1 aromatic carbocycles. The molecule has 7 nitrogen and oxygen atoms in total. The fourth-order valence-corrected chi connectivity index (χ4v) is 2.97. The van der Waals surface area contributed by atoms with Gasteiger partial charge in [-0.2, -0.15) is 10.2 Å². The highest BCUT2D eigenvalue weighted by Gasteiger charge is 2.17. The summed E-state index contributed by atoms with van der Waals surface area (Å²) in [6, 6.07) is 6.15. The molecular formula is C16H16N7. The molecule has 4 rings (SSSR count). The number of benzene rings is 1. The fourth-order valence-electron chi connectivity index (χ4n) is 2.97. The monoisotopic (exact) mass is 306 g/mol. The second-order valence-corrected chi connectivity index (χ2v) is 5.47. The van der Waals surface area contributed by atoms with Gasteiger partial charge in [0.15, 0.2) is 5.65 Å². The quantitative estimate of drug-likeness (QED) is 0.613. The van der Waals surface area contributed by atoms with Crippen molar-refractivity contribution >= 4 is 27.8 Å². The molecule has 0 unspecified atom stereocenters. The van der Waals surface area contributed by atoms with Crippen LogP contribution in [0.1, 0.15) is 5.69 Å². The molecule has 0 aliphatic heterocycles. The third kappa shape index (κ3) is 1.89. The highest BCUT2D eigenvalue weighted by molar-refractivity contribution is 6.00. The third-order valence-electron chi connectivity index (χ3n) is 4.08. The van der Waals surface area contributed by atoms with Crippen molar-refractivity contribution in [3.8, 4) is 11.3 Å². The number of aryl methyl sites for hydroxylation is 2. The van der Waals surface area contributed by atoms with Crippen LogP contribution in [0.2, 0.25) is 0 Å². The summed E-state index contributed by atoms with van der Waals surface area (Å²) in [6.45, 7) is 6.37. The van der Waals surface area contributed by atoms with Gasteiger partial charge >= 0.3 is 0 Å².